The van der Waals surface area contributed by atoms with Crippen LogP contribution in [0.1, 0.15) is 51.0 Å². The monoisotopic (exact) mass is 366 g/mol. The van der Waals surface area contributed by atoms with Gasteiger partial charge in [-0.2, -0.15) is 0 Å². The number of nitrogens with one attached hydrogen (secondary N) is 1. The van der Waals surface area contributed by atoms with E-state index in [1.54, 1.807) is 0 Å². The molecule has 0 heterocycles. The lowest BCUT2D eigenvalue weighted by molar-refractivity contribution is -0.134. The molecule has 0 aromatic heterocycles. The van der Waals surface area contributed by atoms with Crippen LogP contribution in [0.4, 0.5) is 8.78 Å². The molecule has 26 heavy (non-hydrogen) atoms. The first-order chi connectivity index (χ1) is 12.4. The number of hydrogen-bond acceptors (Lipinski definition) is 2. The molecular formula is C20H28F2N2O2. The largest absolute Gasteiger partial charge is 0.369 e. The second-order valence-corrected chi connectivity index (χ2v) is 7.21. The van der Waals surface area contributed by atoms with Gasteiger partial charge in [0, 0.05) is 24.4 Å². The Bertz CT molecular complexity index is 610. The van der Waals surface area contributed by atoms with Gasteiger partial charge in [0.05, 0.1) is 0 Å². The van der Waals surface area contributed by atoms with Crippen LogP contribution in [0.15, 0.2) is 18.2 Å². The molecule has 0 saturated heterocycles. The minimum Gasteiger partial charge on any atom is -0.369 e. The van der Waals surface area contributed by atoms with Crippen LogP contribution < -0.4 is 11.1 Å². The average Bonchev–Trinajstić information content (AvgIpc) is 3.06. The topological polar surface area (TPSA) is 72.2 Å². The summed E-state index contributed by atoms with van der Waals surface area (Å²) >= 11 is 0. The van der Waals surface area contributed by atoms with Crippen LogP contribution in [-0.4, -0.2) is 18.4 Å². The molecule has 1 fully saturated rings. The molecule has 4 nitrogen and oxygen atoms in total. The first-order valence-corrected chi connectivity index (χ1v) is 9.42. The summed E-state index contributed by atoms with van der Waals surface area (Å²) in [5.74, 6) is -2.70. The number of benzene rings is 1. The maximum Gasteiger partial charge on any atom is 0.223 e. The van der Waals surface area contributed by atoms with Gasteiger partial charge in [-0.25, -0.2) is 8.78 Å². The molecule has 0 bridgehead atoms. The normalized spacial score (nSPS) is 17.0. The number of carbonyl (C=O) groups excluding carboxylic acids is 2. The van der Waals surface area contributed by atoms with Gasteiger partial charge in [-0.15, -0.1) is 0 Å². The summed E-state index contributed by atoms with van der Waals surface area (Å²) < 4.78 is 26.7. The highest BCUT2D eigenvalue weighted by Crippen LogP contribution is 2.34. The maximum atomic E-state index is 13.4. The average molecular weight is 366 g/mol. The van der Waals surface area contributed by atoms with Crippen molar-refractivity contribution in [1.29, 1.82) is 0 Å². The van der Waals surface area contributed by atoms with E-state index in [4.69, 9.17) is 5.73 Å². The SMILES string of the molecule is CCNC(=O)[C@H](CC1CCCC1)[C@H](CCc1cc(F)cc(F)c1)C(N)=O. The molecule has 6 heteroatoms. The van der Waals surface area contributed by atoms with Crippen LogP contribution >= 0.6 is 0 Å². The zero-order valence-corrected chi connectivity index (χ0v) is 15.3. The predicted molar refractivity (Wildman–Crippen MR) is 96.1 cm³/mol. The third-order valence-electron chi connectivity index (χ3n) is 5.27. The molecule has 1 aliphatic carbocycles. The molecule has 0 radical (unpaired) electrons. The van der Waals surface area contributed by atoms with E-state index >= 15 is 0 Å². The van der Waals surface area contributed by atoms with E-state index in [1.807, 2.05) is 6.92 Å². The lowest BCUT2D eigenvalue weighted by atomic mass is 9.79. The Kier molecular flexibility index (Phi) is 7.54. The van der Waals surface area contributed by atoms with Gasteiger partial charge in [-0.05, 0) is 49.8 Å². The molecule has 0 unspecified atom stereocenters. The number of amides is 2. The Hall–Kier alpha value is -1.98. The Morgan fingerprint density at radius 3 is 2.31 bits per heavy atom. The minimum absolute atomic E-state index is 0.159. The van der Waals surface area contributed by atoms with E-state index in [0.29, 0.717) is 37.3 Å². The number of primary amides is 1. The van der Waals surface area contributed by atoms with Crippen molar-refractivity contribution in [2.75, 3.05) is 6.54 Å². The molecule has 1 aromatic rings. The Morgan fingerprint density at radius 2 is 1.77 bits per heavy atom. The predicted octanol–water partition coefficient (Wildman–Crippen LogP) is 3.33. The quantitative estimate of drug-likeness (QED) is 0.704. The lowest BCUT2D eigenvalue weighted by Gasteiger charge is -2.26. The van der Waals surface area contributed by atoms with Crippen molar-refractivity contribution in [2.24, 2.45) is 23.5 Å². The molecule has 2 rings (SSSR count). The number of hydrogen-bond donors (Lipinski definition) is 2. The fraction of sp³-hybridized carbons (Fsp3) is 0.600. The fourth-order valence-corrected chi connectivity index (χ4v) is 3.98. The van der Waals surface area contributed by atoms with E-state index in [0.717, 1.165) is 31.7 Å². The molecule has 1 aliphatic rings. The van der Waals surface area contributed by atoms with E-state index in [1.165, 1.54) is 12.1 Å². The first kappa shape index (κ1) is 20.3. The van der Waals surface area contributed by atoms with Crippen molar-refractivity contribution in [3.05, 3.63) is 35.4 Å². The van der Waals surface area contributed by atoms with Gasteiger partial charge >= 0.3 is 0 Å². The second-order valence-electron chi connectivity index (χ2n) is 7.21. The maximum absolute atomic E-state index is 13.4. The summed E-state index contributed by atoms with van der Waals surface area (Å²) in [6.07, 6.45) is 5.66. The van der Waals surface area contributed by atoms with Gasteiger partial charge in [0.25, 0.3) is 0 Å². The van der Waals surface area contributed by atoms with Crippen molar-refractivity contribution in [1.82, 2.24) is 5.32 Å². The number of nitrogens with two attached hydrogens (primary N) is 1. The van der Waals surface area contributed by atoms with E-state index in [-0.39, 0.29) is 5.91 Å². The van der Waals surface area contributed by atoms with Crippen LogP contribution in [0, 0.1) is 29.4 Å². The second kappa shape index (κ2) is 9.64. The van der Waals surface area contributed by atoms with Gasteiger partial charge in [-0.1, -0.05) is 25.7 Å². The molecular weight excluding hydrogens is 338 g/mol. The lowest BCUT2D eigenvalue weighted by Crippen LogP contribution is -2.41. The van der Waals surface area contributed by atoms with Crippen LogP contribution in [0.5, 0.6) is 0 Å². The summed E-state index contributed by atoms with van der Waals surface area (Å²) in [5, 5.41) is 2.80. The minimum atomic E-state index is -0.651. The highest BCUT2D eigenvalue weighted by Gasteiger charge is 2.34. The summed E-state index contributed by atoms with van der Waals surface area (Å²) in [6.45, 7) is 2.32. The van der Waals surface area contributed by atoms with Crippen molar-refractivity contribution >= 4 is 11.8 Å². The van der Waals surface area contributed by atoms with E-state index < -0.39 is 29.4 Å². The van der Waals surface area contributed by atoms with Gasteiger partial charge < -0.3 is 11.1 Å². The van der Waals surface area contributed by atoms with Crippen molar-refractivity contribution in [3.63, 3.8) is 0 Å². The summed E-state index contributed by atoms with van der Waals surface area (Å²) in [5.41, 5.74) is 6.06. The molecule has 0 aliphatic heterocycles. The van der Waals surface area contributed by atoms with Crippen LogP contribution in [0.3, 0.4) is 0 Å². The van der Waals surface area contributed by atoms with Gasteiger partial charge in [0.2, 0.25) is 11.8 Å². The zero-order valence-electron chi connectivity index (χ0n) is 15.3. The van der Waals surface area contributed by atoms with Crippen molar-refractivity contribution < 1.29 is 18.4 Å². The third-order valence-corrected chi connectivity index (χ3v) is 5.27. The molecule has 3 N–H and O–H groups in total. The number of aryl methyl sites for hydroxylation is 1. The summed E-state index contributed by atoms with van der Waals surface area (Å²) in [6, 6.07) is 3.31. The highest BCUT2D eigenvalue weighted by molar-refractivity contribution is 5.86. The van der Waals surface area contributed by atoms with Gasteiger partial charge in [0.1, 0.15) is 11.6 Å². The van der Waals surface area contributed by atoms with Gasteiger partial charge in [0.15, 0.2) is 0 Å². The first-order valence-electron chi connectivity index (χ1n) is 9.42. The molecule has 2 atom stereocenters. The standard InChI is InChI=1S/C20H28F2N2O2/c1-2-24-20(26)18(11-13-5-3-4-6-13)17(19(23)25)8-7-14-9-15(21)12-16(22)10-14/h9-10,12-13,17-18H,2-8,11H2,1H3,(H2,23,25)(H,24,26)/t17-,18+/m0/s1. The smallest absolute Gasteiger partial charge is 0.223 e. The fourth-order valence-electron chi connectivity index (χ4n) is 3.98. The number of rotatable bonds is 9. The molecule has 0 spiro atoms. The zero-order chi connectivity index (χ0) is 19.1. The molecule has 2 amide bonds. The number of halogens is 2. The Labute approximate surface area is 153 Å². The van der Waals surface area contributed by atoms with E-state index in [2.05, 4.69) is 5.32 Å². The van der Waals surface area contributed by atoms with E-state index in [9.17, 15) is 18.4 Å². The van der Waals surface area contributed by atoms with Crippen LogP contribution in [0.2, 0.25) is 0 Å². The van der Waals surface area contributed by atoms with Crippen LogP contribution in [-0.2, 0) is 16.0 Å². The van der Waals surface area contributed by atoms with Crippen LogP contribution in [0.25, 0.3) is 0 Å². The third kappa shape index (κ3) is 5.78. The highest BCUT2D eigenvalue weighted by atomic mass is 19.1. The summed E-state index contributed by atoms with van der Waals surface area (Å²) in [7, 11) is 0. The Balaban J connectivity index is 2.12. The van der Waals surface area contributed by atoms with Crippen molar-refractivity contribution in [3.8, 4) is 0 Å². The molecule has 1 saturated carbocycles. The summed E-state index contributed by atoms with van der Waals surface area (Å²) in [4.78, 5) is 24.6. The number of carbonyl (C=O) groups is 2. The van der Waals surface area contributed by atoms with Gasteiger partial charge in [-0.3, -0.25) is 9.59 Å². The molecule has 144 valence electrons. The molecule has 1 aromatic carbocycles. The van der Waals surface area contributed by atoms with Crippen molar-refractivity contribution in [2.45, 2.75) is 51.9 Å². The Morgan fingerprint density at radius 1 is 1.15 bits per heavy atom.